The molecule has 0 amide bonds. The lowest BCUT2D eigenvalue weighted by Crippen LogP contribution is -2.05. The summed E-state index contributed by atoms with van der Waals surface area (Å²) in [4.78, 5) is 11.0. The fourth-order valence-corrected chi connectivity index (χ4v) is 2.88. The van der Waals surface area contributed by atoms with Crippen molar-refractivity contribution in [1.29, 1.82) is 0 Å². The zero-order valence-electron chi connectivity index (χ0n) is 10.9. The quantitative estimate of drug-likeness (QED) is 0.629. The van der Waals surface area contributed by atoms with Crippen LogP contribution in [0.3, 0.4) is 0 Å². The van der Waals surface area contributed by atoms with Gasteiger partial charge in [-0.15, -0.1) is 0 Å². The van der Waals surface area contributed by atoms with E-state index in [1.807, 2.05) is 12.1 Å². The Labute approximate surface area is 108 Å². The first-order chi connectivity index (χ1) is 8.68. The van der Waals surface area contributed by atoms with Crippen molar-refractivity contribution in [3.8, 4) is 0 Å². The lowest BCUT2D eigenvalue weighted by molar-refractivity contribution is -0.131. The van der Waals surface area contributed by atoms with Gasteiger partial charge in [-0.1, -0.05) is 42.7 Å². The zero-order chi connectivity index (χ0) is 13.0. The molecule has 0 heterocycles. The van der Waals surface area contributed by atoms with Crippen molar-refractivity contribution < 1.29 is 9.90 Å². The standard InChI is InChI=1S/C16H20O2/c1-12-7-5-6-9-14(12)15-10-4-2-3-8-13(15)11-16(17)18/h5-7,9,11,15H,2-4,8,10H2,1H3,(H,17,18)/b13-11+. The number of carbonyl (C=O) groups is 1. The van der Waals surface area contributed by atoms with E-state index in [1.165, 1.54) is 30.0 Å². The number of aryl methyl sites for hydroxylation is 1. The summed E-state index contributed by atoms with van der Waals surface area (Å²) >= 11 is 0. The van der Waals surface area contributed by atoms with E-state index in [9.17, 15) is 4.79 Å². The van der Waals surface area contributed by atoms with Crippen LogP contribution in [0, 0.1) is 6.92 Å². The van der Waals surface area contributed by atoms with Crippen LogP contribution in [-0.4, -0.2) is 11.1 Å². The van der Waals surface area contributed by atoms with Crippen LogP contribution < -0.4 is 0 Å². The molecule has 0 aromatic heterocycles. The third-order valence-electron chi connectivity index (χ3n) is 3.78. The van der Waals surface area contributed by atoms with E-state index in [-0.39, 0.29) is 0 Å². The van der Waals surface area contributed by atoms with Gasteiger partial charge in [0.05, 0.1) is 0 Å². The minimum absolute atomic E-state index is 0.296. The van der Waals surface area contributed by atoms with E-state index in [0.29, 0.717) is 5.92 Å². The average molecular weight is 244 g/mol. The van der Waals surface area contributed by atoms with Gasteiger partial charge in [0.25, 0.3) is 0 Å². The van der Waals surface area contributed by atoms with Crippen LogP contribution in [0.4, 0.5) is 0 Å². The highest BCUT2D eigenvalue weighted by Gasteiger charge is 2.21. The van der Waals surface area contributed by atoms with Crippen molar-refractivity contribution in [1.82, 2.24) is 0 Å². The van der Waals surface area contributed by atoms with Gasteiger partial charge in [-0.3, -0.25) is 0 Å². The molecule has 0 saturated heterocycles. The number of rotatable bonds is 2. The first-order valence-corrected chi connectivity index (χ1v) is 6.67. The lowest BCUT2D eigenvalue weighted by Gasteiger charge is -2.20. The molecule has 1 aliphatic rings. The summed E-state index contributed by atoms with van der Waals surface area (Å²) in [5.41, 5.74) is 3.65. The third kappa shape index (κ3) is 3.00. The van der Waals surface area contributed by atoms with E-state index in [2.05, 4.69) is 19.1 Å². The maximum absolute atomic E-state index is 11.0. The van der Waals surface area contributed by atoms with Gasteiger partial charge in [0.1, 0.15) is 0 Å². The Bertz CT molecular complexity index is 460. The molecule has 18 heavy (non-hydrogen) atoms. The number of aliphatic carboxylic acids is 1. The first-order valence-electron chi connectivity index (χ1n) is 6.67. The predicted molar refractivity (Wildman–Crippen MR) is 72.7 cm³/mol. The third-order valence-corrected chi connectivity index (χ3v) is 3.78. The van der Waals surface area contributed by atoms with Gasteiger partial charge in [-0.2, -0.15) is 0 Å². The molecule has 2 rings (SSSR count). The smallest absolute Gasteiger partial charge is 0.328 e. The molecule has 1 aromatic carbocycles. The highest BCUT2D eigenvalue weighted by molar-refractivity contribution is 5.81. The number of allylic oxidation sites excluding steroid dienone is 1. The van der Waals surface area contributed by atoms with Gasteiger partial charge in [0, 0.05) is 12.0 Å². The molecule has 1 saturated carbocycles. The summed E-state index contributed by atoms with van der Waals surface area (Å²) in [6.45, 7) is 2.11. The fraction of sp³-hybridized carbons (Fsp3) is 0.438. The van der Waals surface area contributed by atoms with E-state index in [4.69, 9.17) is 5.11 Å². The Kier molecular flexibility index (Phi) is 4.19. The van der Waals surface area contributed by atoms with Crippen LogP contribution in [-0.2, 0) is 4.79 Å². The van der Waals surface area contributed by atoms with Crippen LogP contribution in [0.5, 0.6) is 0 Å². The van der Waals surface area contributed by atoms with Gasteiger partial charge in [-0.05, 0) is 37.3 Å². The van der Waals surface area contributed by atoms with Crippen molar-refractivity contribution in [2.24, 2.45) is 0 Å². The minimum Gasteiger partial charge on any atom is -0.478 e. The highest BCUT2D eigenvalue weighted by atomic mass is 16.4. The van der Waals surface area contributed by atoms with Crippen LogP contribution >= 0.6 is 0 Å². The van der Waals surface area contributed by atoms with Gasteiger partial charge in [0.15, 0.2) is 0 Å². The van der Waals surface area contributed by atoms with Crippen LogP contribution in [0.15, 0.2) is 35.9 Å². The maximum atomic E-state index is 11.0. The molecule has 0 aliphatic heterocycles. The molecule has 96 valence electrons. The number of carboxylic acids is 1. The van der Waals surface area contributed by atoms with Crippen LogP contribution in [0.1, 0.15) is 49.1 Å². The molecule has 2 nitrogen and oxygen atoms in total. The molecule has 0 spiro atoms. The summed E-state index contributed by atoms with van der Waals surface area (Å²) in [5.74, 6) is -0.518. The van der Waals surface area contributed by atoms with E-state index < -0.39 is 5.97 Å². The molecule has 1 aromatic rings. The molecular weight excluding hydrogens is 224 g/mol. The Balaban J connectivity index is 2.37. The normalized spacial score (nSPS) is 22.7. The molecule has 1 aliphatic carbocycles. The van der Waals surface area contributed by atoms with E-state index in [1.54, 1.807) is 0 Å². The van der Waals surface area contributed by atoms with Crippen molar-refractivity contribution in [3.05, 3.63) is 47.0 Å². The lowest BCUT2D eigenvalue weighted by atomic mass is 9.85. The van der Waals surface area contributed by atoms with E-state index >= 15 is 0 Å². The molecule has 1 N–H and O–H groups in total. The van der Waals surface area contributed by atoms with Crippen molar-refractivity contribution >= 4 is 5.97 Å². The van der Waals surface area contributed by atoms with Crippen LogP contribution in [0.25, 0.3) is 0 Å². The Hall–Kier alpha value is -1.57. The summed E-state index contributed by atoms with van der Waals surface area (Å²) in [6, 6.07) is 8.33. The molecule has 1 atom stereocenters. The topological polar surface area (TPSA) is 37.3 Å². The SMILES string of the molecule is Cc1ccccc1C1CCCCC/C1=C\C(=O)O. The molecule has 1 fully saturated rings. The first kappa shape index (κ1) is 12.9. The maximum Gasteiger partial charge on any atom is 0.328 e. The average Bonchev–Trinajstić information content (AvgIpc) is 2.55. The highest BCUT2D eigenvalue weighted by Crippen LogP contribution is 2.37. The molecule has 2 heteroatoms. The predicted octanol–water partition coefficient (Wildman–Crippen LogP) is 4.05. The summed E-state index contributed by atoms with van der Waals surface area (Å²) in [7, 11) is 0. The van der Waals surface area contributed by atoms with Crippen LogP contribution in [0.2, 0.25) is 0 Å². The summed E-state index contributed by atoms with van der Waals surface area (Å²) in [5, 5.41) is 9.02. The zero-order valence-corrected chi connectivity index (χ0v) is 10.9. The van der Waals surface area contributed by atoms with E-state index in [0.717, 1.165) is 24.8 Å². The Morgan fingerprint density at radius 1 is 1.28 bits per heavy atom. The van der Waals surface area contributed by atoms with Crippen molar-refractivity contribution in [2.75, 3.05) is 0 Å². The van der Waals surface area contributed by atoms with Gasteiger partial charge >= 0.3 is 5.97 Å². The van der Waals surface area contributed by atoms with Crippen molar-refractivity contribution in [2.45, 2.75) is 44.9 Å². The molecular formula is C16H20O2. The second-order valence-corrected chi connectivity index (χ2v) is 5.07. The minimum atomic E-state index is -0.814. The molecule has 0 bridgehead atoms. The Morgan fingerprint density at radius 2 is 2.06 bits per heavy atom. The molecule has 1 unspecified atom stereocenters. The van der Waals surface area contributed by atoms with Crippen molar-refractivity contribution in [3.63, 3.8) is 0 Å². The summed E-state index contributed by atoms with van der Waals surface area (Å²) < 4.78 is 0. The molecule has 0 radical (unpaired) electrons. The summed E-state index contributed by atoms with van der Waals surface area (Å²) in [6.07, 6.45) is 6.94. The monoisotopic (exact) mass is 244 g/mol. The Morgan fingerprint density at radius 3 is 2.78 bits per heavy atom. The fourth-order valence-electron chi connectivity index (χ4n) is 2.88. The second kappa shape index (κ2) is 5.85. The van der Waals surface area contributed by atoms with Gasteiger partial charge < -0.3 is 5.11 Å². The number of hydrogen-bond donors (Lipinski definition) is 1. The van der Waals surface area contributed by atoms with Gasteiger partial charge in [0.2, 0.25) is 0 Å². The van der Waals surface area contributed by atoms with Gasteiger partial charge in [-0.25, -0.2) is 4.79 Å². The number of carboxylic acid groups (broad SMARTS) is 1. The largest absolute Gasteiger partial charge is 0.478 e. The number of benzene rings is 1. The second-order valence-electron chi connectivity index (χ2n) is 5.07. The number of hydrogen-bond acceptors (Lipinski definition) is 1.